The number of ether oxygens (including phenoxy) is 1. The summed E-state index contributed by atoms with van der Waals surface area (Å²) < 4.78 is 57.8. The molecule has 0 bridgehead atoms. The van der Waals surface area contributed by atoms with E-state index in [1.54, 1.807) is 36.4 Å². The zero-order valence-corrected chi connectivity index (χ0v) is 19.3. The summed E-state index contributed by atoms with van der Waals surface area (Å²) in [6.45, 7) is 1.53. The number of sulfonamides is 1. The van der Waals surface area contributed by atoms with E-state index in [1.807, 2.05) is 0 Å². The van der Waals surface area contributed by atoms with Crippen LogP contribution in [0.15, 0.2) is 69.0 Å². The number of benzene rings is 2. The first-order chi connectivity index (χ1) is 14.2. The lowest BCUT2D eigenvalue weighted by Gasteiger charge is -2.12. The second-order valence-electron chi connectivity index (χ2n) is 6.14. The molecule has 158 valence electrons. The Balaban J connectivity index is 1.92. The molecule has 3 rings (SSSR count). The molecule has 0 atom stereocenters. The molecule has 2 aromatic carbocycles. The molecule has 0 aliphatic carbocycles. The Bertz CT molecular complexity index is 1280. The molecule has 0 saturated carbocycles. The molecule has 0 amide bonds. The minimum atomic E-state index is -3.93. The molecule has 0 radical (unpaired) electrons. The SMILES string of the molecule is CCS(=O)(=O)c1ccc(-c2cccc(NS(=O)(=O)c3cc(Br)ccc3OC)c2)nn1. The summed E-state index contributed by atoms with van der Waals surface area (Å²) >= 11 is 3.26. The predicted molar refractivity (Wildman–Crippen MR) is 117 cm³/mol. The summed E-state index contributed by atoms with van der Waals surface area (Å²) in [5, 5.41) is 7.64. The fourth-order valence-corrected chi connectivity index (χ4v) is 5.09. The Morgan fingerprint density at radius 1 is 1.00 bits per heavy atom. The van der Waals surface area contributed by atoms with Crippen molar-refractivity contribution in [3.8, 4) is 17.0 Å². The number of hydrogen-bond acceptors (Lipinski definition) is 7. The number of halogens is 1. The molecule has 0 saturated heterocycles. The highest BCUT2D eigenvalue weighted by Gasteiger charge is 2.20. The van der Waals surface area contributed by atoms with Crippen LogP contribution in [0.25, 0.3) is 11.3 Å². The number of nitrogens with one attached hydrogen (secondary N) is 1. The molecular formula is C19H18BrN3O5S2. The summed E-state index contributed by atoms with van der Waals surface area (Å²) in [5.41, 5.74) is 1.29. The first-order valence-corrected chi connectivity index (χ1v) is 12.6. The van der Waals surface area contributed by atoms with Crippen LogP contribution in [0.2, 0.25) is 0 Å². The van der Waals surface area contributed by atoms with Gasteiger partial charge in [0, 0.05) is 15.7 Å². The number of rotatable bonds is 7. The number of methoxy groups -OCH3 is 1. The van der Waals surface area contributed by atoms with E-state index < -0.39 is 19.9 Å². The highest BCUT2D eigenvalue weighted by Crippen LogP contribution is 2.30. The molecule has 1 heterocycles. The maximum atomic E-state index is 12.9. The summed E-state index contributed by atoms with van der Waals surface area (Å²) in [7, 11) is -5.99. The van der Waals surface area contributed by atoms with Crippen LogP contribution in [-0.2, 0) is 19.9 Å². The van der Waals surface area contributed by atoms with Gasteiger partial charge in [-0.25, -0.2) is 16.8 Å². The van der Waals surface area contributed by atoms with E-state index in [4.69, 9.17) is 4.74 Å². The van der Waals surface area contributed by atoms with Gasteiger partial charge in [-0.1, -0.05) is 35.0 Å². The van der Waals surface area contributed by atoms with Gasteiger partial charge in [0.15, 0.2) is 14.9 Å². The fraction of sp³-hybridized carbons (Fsp3) is 0.158. The Labute approximate surface area is 183 Å². The second kappa shape index (κ2) is 8.70. The van der Waals surface area contributed by atoms with Crippen molar-refractivity contribution in [3.05, 3.63) is 59.1 Å². The number of hydrogen-bond donors (Lipinski definition) is 1. The van der Waals surface area contributed by atoms with Crippen LogP contribution in [0.4, 0.5) is 5.69 Å². The quantitative estimate of drug-likeness (QED) is 0.515. The molecule has 8 nitrogen and oxygen atoms in total. The largest absolute Gasteiger partial charge is 0.495 e. The van der Waals surface area contributed by atoms with Gasteiger partial charge in [-0.15, -0.1) is 10.2 Å². The van der Waals surface area contributed by atoms with Crippen molar-refractivity contribution in [1.82, 2.24) is 10.2 Å². The molecule has 3 aromatic rings. The number of sulfone groups is 1. The van der Waals surface area contributed by atoms with Crippen LogP contribution in [0.1, 0.15) is 6.92 Å². The fourth-order valence-electron chi connectivity index (χ4n) is 2.60. The van der Waals surface area contributed by atoms with Crippen molar-refractivity contribution in [2.24, 2.45) is 0 Å². The lowest BCUT2D eigenvalue weighted by atomic mass is 10.1. The molecule has 0 aliphatic heterocycles. The number of anilines is 1. The molecule has 11 heteroatoms. The van der Waals surface area contributed by atoms with E-state index in [9.17, 15) is 16.8 Å². The van der Waals surface area contributed by atoms with Crippen molar-refractivity contribution < 1.29 is 21.6 Å². The average molecular weight is 512 g/mol. The van der Waals surface area contributed by atoms with Crippen LogP contribution in [-0.4, -0.2) is 39.9 Å². The first-order valence-electron chi connectivity index (χ1n) is 8.69. The molecule has 0 unspecified atom stereocenters. The maximum Gasteiger partial charge on any atom is 0.265 e. The third-order valence-corrected chi connectivity index (χ3v) is 7.68. The second-order valence-corrected chi connectivity index (χ2v) is 10.9. The lowest BCUT2D eigenvalue weighted by Crippen LogP contribution is -2.14. The molecule has 0 fully saturated rings. The normalized spacial score (nSPS) is 11.8. The van der Waals surface area contributed by atoms with Crippen molar-refractivity contribution in [2.45, 2.75) is 16.8 Å². The van der Waals surface area contributed by atoms with E-state index >= 15 is 0 Å². The van der Waals surface area contributed by atoms with E-state index in [2.05, 4.69) is 30.8 Å². The smallest absolute Gasteiger partial charge is 0.265 e. The van der Waals surface area contributed by atoms with E-state index in [1.165, 1.54) is 32.2 Å². The van der Waals surface area contributed by atoms with Gasteiger partial charge < -0.3 is 4.74 Å². The van der Waals surface area contributed by atoms with Crippen LogP contribution in [0.5, 0.6) is 5.75 Å². The van der Waals surface area contributed by atoms with Crippen LogP contribution in [0.3, 0.4) is 0 Å². The van der Waals surface area contributed by atoms with Crippen molar-refractivity contribution in [3.63, 3.8) is 0 Å². The Kier molecular flexibility index (Phi) is 6.44. The first kappa shape index (κ1) is 22.2. The minimum Gasteiger partial charge on any atom is -0.495 e. The van der Waals surface area contributed by atoms with Gasteiger partial charge in [0.05, 0.1) is 18.6 Å². The summed E-state index contributed by atoms with van der Waals surface area (Å²) in [5.74, 6) is 0.137. The van der Waals surface area contributed by atoms with E-state index in [0.717, 1.165) is 0 Å². The molecule has 0 spiro atoms. The van der Waals surface area contributed by atoms with Gasteiger partial charge in [-0.05, 0) is 42.5 Å². The van der Waals surface area contributed by atoms with Gasteiger partial charge in [0.25, 0.3) is 10.0 Å². The maximum absolute atomic E-state index is 12.9. The third kappa shape index (κ3) is 4.79. The van der Waals surface area contributed by atoms with Crippen LogP contribution >= 0.6 is 15.9 Å². The van der Waals surface area contributed by atoms with Gasteiger partial charge in [0.1, 0.15) is 10.6 Å². The molecular weight excluding hydrogens is 494 g/mol. The summed E-state index contributed by atoms with van der Waals surface area (Å²) in [6.07, 6.45) is 0. The standard InChI is InChI=1S/C19H18BrN3O5S2/c1-3-29(24,25)19-10-8-16(21-22-19)13-5-4-6-15(11-13)23-30(26,27)18-12-14(20)7-9-17(18)28-2/h4-12,23H,3H2,1-2H3. The predicted octanol–water partition coefficient (Wildman–Crippen LogP) is 3.51. The van der Waals surface area contributed by atoms with Crippen molar-refractivity contribution in [2.75, 3.05) is 17.6 Å². The zero-order valence-electron chi connectivity index (χ0n) is 16.0. The molecule has 1 aromatic heterocycles. The van der Waals surface area contributed by atoms with E-state index in [0.29, 0.717) is 21.4 Å². The number of aromatic nitrogens is 2. The topological polar surface area (TPSA) is 115 Å². The van der Waals surface area contributed by atoms with Crippen molar-refractivity contribution >= 4 is 41.5 Å². The van der Waals surface area contributed by atoms with Gasteiger partial charge >= 0.3 is 0 Å². The Hall–Kier alpha value is -2.50. The van der Waals surface area contributed by atoms with Gasteiger partial charge in [-0.2, -0.15) is 0 Å². The number of nitrogens with zero attached hydrogens (tertiary/aromatic N) is 2. The zero-order chi connectivity index (χ0) is 21.9. The van der Waals surface area contributed by atoms with Crippen LogP contribution in [0, 0.1) is 0 Å². The molecule has 30 heavy (non-hydrogen) atoms. The highest BCUT2D eigenvalue weighted by molar-refractivity contribution is 9.10. The van der Waals surface area contributed by atoms with Gasteiger partial charge in [-0.3, -0.25) is 4.72 Å². The Morgan fingerprint density at radius 2 is 1.77 bits per heavy atom. The summed E-state index contributed by atoms with van der Waals surface area (Å²) in [6, 6.07) is 14.1. The molecule has 0 aliphatic rings. The van der Waals surface area contributed by atoms with E-state index in [-0.39, 0.29) is 21.4 Å². The van der Waals surface area contributed by atoms with Gasteiger partial charge in [0.2, 0.25) is 0 Å². The van der Waals surface area contributed by atoms with Crippen LogP contribution < -0.4 is 9.46 Å². The average Bonchev–Trinajstić information content (AvgIpc) is 2.73. The lowest BCUT2D eigenvalue weighted by molar-refractivity contribution is 0.403. The minimum absolute atomic E-state index is 0.0151. The highest BCUT2D eigenvalue weighted by atomic mass is 79.9. The molecule has 1 N–H and O–H groups in total. The Morgan fingerprint density at radius 3 is 2.40 bits per heavy atom. The summed E-state index contributed by atoms with van der Waals surface area (Å²) in [4.78, 5) is -0.0151. The van der Waals surface area contributed by atoms with Crippen molar-refractivity contribution in [1.29, 1.82) is 0 Å². The third-order valence-electron chi connectivity index (χ3n) is 4.16. The monoisotopic (exact) mass is 511 g/mol.